The zero-order chi connectivity index (χ0) is 35.8. The van der Waals surface area contributed by atoms with Crippen LogP contribution in [0.5, 0.6) is 0 Å². The van der Waals surface area contributed by atoms with Gasteiger partial charge in [0.2, 0.25) is 17.7 Å². The lowest BCUT2D eigenvalue weighted by molar-refractivity contribution is -0.137. The molecular formula is C34H35BrFN9O5. The molecule has 260 valence electrons. The van der Waals surface area contributed by atoms with E-state index in [0.29, 0.717) is 38.2 Å². The van der Waals surface area contributed by atoms with Crippen LogP contribution in [0.3, 0.4) is 0 Å². The lowest BCUT2D eigenvalue weighted by Crippen LogP contribution is -2.46. The van der Waals surface area contributed by atoms with Crippen LogP contribution in [0.1, 0.15) is 49.1 Å². The van der Waals surface area contributed by atoms with Crippen molar-refractivity contribution in [3.63, 3.8) is 0 Å². The summed E-state index contributed by atoms with van der Waals surface area (Å²) in [6, 6.07) is 3.84. The van der Waals surface area contributed by atoms with E-state index in [-0.39, 0.29) is 36.9 Å². The molecule has 2 bridgehead atoms. The number of hydrogen-bond acceptors (Lipinski definition) is 10. The predicted octanol–water partition coefficient (Wildman–Crippen LogP) is 3.73. The number of aromatic nitrogens is 6. The molecule has 2 N–H and O–H groups in total. The summed E-state index contributed by atoms with van der Waals surface area (Å²) >= 11 is 3.33. The van der Waals surface area contributed by atoms with Gasteiger partial charge in [-0.25, -0.2) is 19.3 Å². The zero-order valence-electron chi connectivity index (χ0n) is 27.9. The second-order valence-electron chi connectivity index (χ2n) is 13.0. The van der Waals surface area contributed by atoms with Gasteiger partial charge < -0.3 is 20.3 Å². The van der Waals surface area contributed by atoms with Crippen LogP contribution < -0.4 is 10.6 Å². The molecule has 14 nitrogen and oxygen atoms in total. The Morgan fingerprint density at radius 2 is 1.90 bits per heavy atom. The lowest BCUT2D eigenvalue weighted by Gasteiger charge is -2.25. The Kier molecular flexibility index (Phi) is 9.59. The van der Waals surface area contributed by atoms with Crippen molar-refractivity contribution in [2.24, 2.45) is 5.41 Å². The van der Waals surface area contributed by atoms with Crippen molar-refractivity contribution in [2.45, 2.75) is 59.0 Å². The first-order chi connectivity index (χ1) is 23.7. The summed E-state index contributed by atoms with van der Waals surface area (Å²) in [4.78, 5) is 72.1. The summed E-state index contributed by atoms with van der Waals surface area (Å²) in [5.74, 6) is -1.26. The van der Waals surface area contributed by atoms with Gasteiger partial charge in [0.25, 0.3) is 0 Å². The van der Waals surface area contributed by atoms with E-state index in [0.717, 1.165) is 4.90 Å². The third-order valence-electron chi connectivity index (χ3n) is 8.69. The normalized spacial score (nSPS) is 21.7. The van der Waals surface area contributed by atoms with Crippen molar-refractivity contribution in [3.8, 4) is 11.3 Å². The number of pyridine rings is 2. The second kappa shape index (κ2) is 13.7. The van der Waals surface area contributed by atoms with Gasteiger partial charge in [-0.3, -0.25) is 28.8 Å². The minimum absolute atomic E-state index is 0.0881. The van der Waals surface area contributed by atoms with Crippen LogP contribution >= 0.6 is 15.9 Å². The molecule has 1 saturated heterocycles. The van der Waals surface area contributed by atoms with Crippen molar-refractivity contribution < 1.29 is 28.3 Å². The molecule has 1 fully saturated rings. The fourth-order valence-corrected chi connectivity index (χ4v) is 6.24. The number of halogens is 2. The van der Waals surface area contributed by atoms with E-state index < -0.39 is 54.5 Å². The summed E-state index contributed by atoms with van der Waals surface area (Å²) in [7, 11) is 0. The summed E-state index contributed by atoms with van der Waals surface area (Å²) in [5, 5.41) is 10.3. The number of nitrogens with one attached hydrogen (secondary N) is 2. The van der Waals surface area contributed by atoms with Gasteiger partial charge in [0.05, 0.1) is 49.1 Å². The van der Waals surface area contributed by atoms with Crippen molar-refractivity contribution in [2.75, 3.05) is 25.0 Å². The molecule has 6 rings (SSSR count). The number of carbonyl (C=O) groups is 4. The molecule has 3 amide bonds. The Bertz CT molecular complexity index is 2030. The number of aryl methyl sites for hydroxylation is 1. The number of nitrogens with zero attached hydrogens (tertiary/aromatic N) is 7. The average molecular weight is 749 g/mol. The first-order valence-corrected chi connectivity index (χ1v) is 16.7. The third kappa shape index (κ3) is 7.31. The van der Waals surface area contributed by atoms with E-state index in [1.54, 1.807) is 63.5 Å². The summed E-state index contributed by atoms with van der Waals surface area (Å²) in [5.41, 5.74) is -0.915. The van der Waals surface area contributed by atoms with Crippen LogP contribution in [0.2, 0.25) is 0 Å². The Morgan fingerprint density at radius 1 is 1.14 bits per heavy atom. The van der Waals surface area contributed by atoms with Crippen LogP contribution in [-0.2, 0) is 32.3 Å². The van der Waals surface area contributed by atoms with Crippen LogP contribution in [0.4, 0.5) is 10.2 Å². The number of ketones is 1. The van der Waals surface area contributed by atoms with Crippen molar-refractivity contribution in [1.29, 1.82) is 0 Å². The van der Waals surface area contributed by atoms with Crippen LogP contribution in [-0.4, -0.2) is 89.5 Å². The number of Topliss-reactive ketones (excluding diaryl/α,β-unsaturated/α-hetero) is 1. The second-order valence-corrected chi connectivity index (χ2v) is 13.8. The molecule has 50 heavy (non-hydrogen) atoms. The van der Waals surface area contributed by atoms with Gasteiger partial charge in [0.15, 0.2) is 5.78 Å². The largest absolute Gasteiger partial charge is 0.373 e. The fourth-order valence-electron chi connectivity index (χ4n) is 5.93. The Labute approximate surface area is 295 Å². The summed E-state index contributed by atoms with van der Waals surface area (Å²) < 4.78 is 24.2. The van der Waals surface area contributed by atoms with Crippen LogP contribution in [0.15, 0.2) is 53.5 Å². The zero-order valence-corrected chi connectivity index (χ0v) is 29.5. The monoisotopic (exact) mass is 747 g/mol. The minimum Gasteiger partial charge on any atom is -0.373 e. The van der Waals surface area contributed by atoms with E-state index in [9.17, 15) is 19.2 Å². The van der Waals surface area contributed by atoms with Gasteiger partial charge in [-0.05, 0) is 48.8 Å². The SMILES string of the molecule is CC(=O)c1nn(CC(=O)N2C[C@@]3(F)CNC(=O)C(C)(C)/C=C/COCc4ccc(Br)nc4NC(=O)[C@@H]2C3)c2cnc(-c3cnc(C)nc3)cc12. The van der Waals surface area contributed by atoms with Crippen molar-refractivity contribution >= 4 is 56.2 Å². The molecule has 2 aliphatic heterocycles. The van der Waals surface area contributed by atoms with Gasteiger partial charge in [-0.2, -0.15) is 5.10 Å². The number of fused-ring (bicyclic) bond motifs is 4. The molecule has 6 heterocycles. The number of amides is 3. The first-order valence-electron chi connectivity index (χ1n) is 15.9. The molecule has 4 aromatic heterocycles. The molecule has 4 aromatic rings. The Hall–Kier alpha value is -4.96. The highest BCUT2D eigenvalue weighted by Gasteiger charge is 2.50. The lowest BCUT2D eigenvalue weighted by atomic mass is 9.91. The van der Waals surface area contributed by atoms with E-state index in [1.807, 2.05) is 0 Å². The van der Waals surface area contributed by atoms with Gasteiger partial charge in [-0.15, -0.1) is 0 Å². The maximum absolute atomic E-state index is 16.6. The maximum atomic E-state index is 16.6. The minimum atomic E-state index is -2.13. The van der Waals surface area contributed by atoms with Gasteiger partial charge in [0, 0.05) is 42.3 Å². The highest BCUT2D eigenvalue weighted by atomic mass is 79.9. The first kappa shape index (κ1) is 34.9. The van der Waals surface area contributed by atoms with Gasteiger partial charge in [-0.1, -0.05) is 18.2 Å². The third-order valence-corrected chi connectivity index (χ3v) is 9.13. The number of hydrogen-bond donors (Lipinski definition) is 2. The highest BCUT2D eigenvalue weighted by Crippen LogP contribution is 2.33. The van der Waals surface area contributed by atoms with Gasteiger partial charge >= 0.3 is 0 Å². The molecule has 0 radical (unpaired) electrons. The Balaban J connectivity index is 1.33. The number of anilines is 1. The Morgan fingerprint density at radius 3 is 2.64 bits per heavy atom. The van der Waals surface area contributed by atoms with E-state index in [4.69, 9.17) is 4.74 Å². The van der Waals surface area contributed by atoms with E-state index in [1.165, 1.54) is 17.8 Å². The summed E-state index contributed by atoms with van der Waals surface area (Å²) in [6.07, 6.45) is 7.73. The molecule has 2 atom stereocenters. The molecule has 0 aliphatic carbocycles. The fraction of sp³-hybridized carbons (Fsp3) is 0.382. The molecule has 16 heteroatoms. The molecule has 0 saturated carbocycles. The van der Waals surface area contributed by atoms with Crippen molar-refractivity contribution in [1.82, 2.24) is 39.9 Å². The number of alkyl halides is 1. The number of likely N-dealkylation sites (tertiary alicyclic amines) is 1. The smallest absolute Gasteiger partial charge is 0.248 e. The predicted molar refractivity (Wildman–Crippen MR) is 183 cm³/mol. The standard InChI is InChI=1S/C34H35BrFN9O5/c1-19(46)29-23-10-24(22-12-37-20(2)38-13-22)39-14-26(23)45(43-29)15-28(47)44-18-34(36)11-25(44)31(48)42-30-21(6-7-27(35)41-30)16-50-9-5-8-33(3,4)32(49)40-17-34/h5-8,10,12-14,25H,9,11,15-18H2,1-4H3,(H,40,49)(H,41,42,48)/b8-5+/t25-,34-/m0/s1. The highest BCUT2D eigenvalue weighted by molar-refractivity contribution is 9.10. The van der Waals surface area contributed by atoms with Crippen LogP contribution in [0, 0.1) is 12.3 Å². The molecular weight excluding hydrogens is 713 g/mol. The topological polar surface area (TPSA) is 174 Å². The molecule has 0 spiro atoms. The van der Waals surface area contributed by atoms with E-state index >= 15 is 4.39 Å². The number of ether oxygens (including phenoxy) is 1. The van der Waals surface area contributed by atoms with E-state index in [2.05, 4.69) is 51.6 Å². The quantitative estimate of drug-likeness (QED) is 0.178. The average Bonchev–Trinajstić information content (AvgIpc) is 3.62. The number of carbonyl (C=O) groups excluding carboxylic acids is 4. The van der Waals surface area contributed by atoms with Crippen molar-refractivity contribution in [3.05, 3.63) is 70.6 Å². The number of rotatable bonds is 4. The van der Waals surface area contributed by atoms with Gasteiger partial charge in [0.1, 0.15) is 40.2 Å². The molecule has 0 unspecified atom stereocenters. The maximum Gasteiger partial charge on any atom is 0.248 e. The molecule has 0 aromatic carbocycles. The summed E-state index contributed by atoms with van der Waals surface area (Å²) in [6.45, 7) is 5.46. The molecule has 2 aliphatic rings. The van der Waals surface area contributed by atoms with Crippen LogP contribution in [0.25, 0.3) is 22.2 Å².